The van der Waals surface area contributed by atoms with Crippen LogP contribution in [0.3, 0.4) is 0 Å². The molecule has 0 aliphatic rings. The number of aromatic nitrogens is 2. The molecule has 0 aromatic carbocycles. The second kappa shape index (κ2) is 5.66. The van der Waals surface area contributed by atoms with E-state index in [-0.39, 0.29) is 5.91 Å². The van der Waals surface area contributed by atoms with Gasteiger partial charge in [0.25, 0.3) is 0 Å². The summed E-state index contributed by atoms with van der Waals surface area (Å²) < 4.78 is 1.83. The van der Waals surface area contributed by atoms with E-state index in [1.54, 1.807) is 11.0 Å². The van der Waals surface area contributed by atoms with Gasteiger partial charge >= 0.3 is 0 Å². The van der Waals surface area contributed by atoms with Crippen molar-refractivity contribution in [2.45, 2.75) is 27.7 Å². The van der Waals surface area contributed by atoms with Gasteiger partial charge in [-0.25, -0.2) is 0 Å². The molecule has 1 heterocycles. The van der Waals surface area contributed by atoms with E-state index in [0.717, 1.165) is 30.0 Å². The Morgan fingerprint density at radius 1 is 1.35 bits per heavy atom. The van der Waals surface area contributed by atoms with Gasteiger partial charge in [0.05, 0.1) is 5.69 Å². The fraction of sp³-hybridized carbons (Fsp3) is 0.538. The Bertz CT molecular complexity index is 428. The summed E-state index contributed by atoms with van der Waals surface area (Å²) in [6.07, 6.45) is 3.49. The van der Waals surface area contributed by atoms with Crippen LogP contribution in [0, 0.1) is 13.8 Å². The molecule has 0 saturated carbocycles. The highest BCUT2D eigenvalue weighted by Gasteiger charge is 2.08. The quantitative estimate of drug-likeness (QED) is 0.748. The normalized spacial score (nSPS) is 11.1. The molecule has 0 bridgehead atoms. The highest BCUT2D eigenvalue weighted by molar-refractivity contribution is 5.92. The molecule has 0 atom stereocenters. The minimum absolute atomic E-state index is 0.0534. The number of amides is 1. The highest BCUT2D eigenvalue weighted by Crippen LogP contribution is 2.13. The first-order valence-corrected chi connectivity index (χ1v) is 5.98. The van der Waals surface area contributed by atoms with Crippen molar-refractivity contribution in [2.24, 2.45) is 7.05 Å². The number of aryl methyl sites for hydroxylation is 2. The summed E-state index contributed by atoms with van der Waals surface area (Å²) in [7, 11) is 1.91. The van der Waals surface area contributed by atoms with Crippen LogP contribution in [-0.4, -0.2) is 33.7 Å². The molecule has 0 aliphatic carbocycles. The van der Waals surface area contributed by atoms with Gasteiger partial charge in [-0.15, -0.1) is 0 Å². The molecule has 1 aromatic heterocycles. The summed E-state index contributed by atoms with van der Waals surface area (Å²) in [4.78, 5) is 13.6. The standard InChI is InChI=1S/C13H21N3O/c1-6-16(7-2)13(17)9-8-12-10(3)14-15(5)11(12)4/h8-9H,6-7H2,1-5H3. The van der Waals surface area contributed by atoms with E-state index in [0.29, 0.717) is 0 Å². The van der Waals surface area contributed by atoms with E-state index in [4.69, 9.17) is 0 Å². The number of carbonyl (C=O) groups is 1. The first kappa shape index (κ1) is 13.5. The molecule has 4 nitrogen and oxygen atoms in total. The Morgan fingerprint density at radius 3 is 2.35 bits per heavy atom. The molecular formula is C13H21N3O. The summed E-state index contributed by atoms with van der Waals surface area (Å²) in [6, 6.07) is 0. The molecule has 0 spiro atoms. The van der Waals surface area contributed by atoms with Crippen molar-refractivity contribution in [3.8, 4) is 0 Å². The zero-order valence-electron chi connectivity index (χ0n) is 11.3. The molecule has 0 fully saturated rings. The summed E-state index contributed by atoms with van der Waals surface area (Å²) >= 11 is 0. The zero-order valence-corrected chi connectivity index (χ0v) is 11.3. The van der Waals surface area contributed by atoms with Crippen molar-refractivity contribution in [1.82, 2.24) is 14.7 Å². The smallest absolute Gasteiger partial charge is 0.246 e. The van der Waals surface area contributed by atoms with Gasteiger partial charge in [-0.05, 0) is 33.8 Å². The minimum atomic E-state index is 0.0534. The number of hydrogen-bond acceptors (Lipinski definition) is 2. The third-order valence-corrected chi connectivity index (χ3v) is 3.03. The second-order valence-corrected chi connectivity index (χ2v) is 4.05. The largest absolute Gasteiger partial charge is 0.340 e. The van der Waals surface area contributed by atoms with Gasteiger partial charge in [-0.2, -0.15) is 5.10 Å². The van der Waals surface area contributed by atoms with Crippen molar-refractivity contribution in [1.29, 1.82) is 0 Å². The van der Waals surface area contributed by atoms with Crippen LogP contribution in [0.2, 0.25) is 0 Å². The molecule has 94 valence electrons. The average Bonchev–Trinajstić information content (AvgIpc) is 2.53. The number of carbonyl (C=O) groups excluding carboxylic acids is 1. The van der Waals surface area contributed by atoms with Crippen molar-refractivity contribution < 1.29 is 4.79 Å². The van der Waals surface area contributed by atoms with E-state index >= 15 is 0 Å². The van der Waals surface area contributed by atoms with Crippen LogP contribution in [0.4, 0.5) is 0 Å². The van der Waals surface area contributed by atoms with Crippen molar-refractivity contribution in [3.05, 3.63) is 23.0 Å². The van der Waals surface area contributed by atoms with Crippen molar-refractivity contribution >= 4 is 12.0 Å². The number of rotatable bonds is 4. The molecule has 1 rings (SSSR count). The average molecular weight is 235 g/mol. The van der Waals surface area contributed by atoms with E-state index in [2.05, 4.69) is 5.10 Å². The van der Waals surface area contributed by atoms with Crippen LogP contribution in [-0.2, 0) is 11.8 Å². The van der Waals surface area contributed by atoms with Crippen LogP contribution in [0.5, 0.6) is 0 Å². The van der Waals surface area contributed by atoms with Gasteiger partial charge in [0.15, 0.2) is 0 Å². The van der Waals surface area contributed by atoms with E-state index < -0.39 is 0 Å². The molecule has 1 amide bonds. The monoisotopic (exact) mass is 235 g/mol. The van der Waals surface area contributed by atoms with Crippen LogP contribution in [0.25, 0.3) is 6.08 Å². The van der Waals surface area contributed by atoms with Gasteiger partial charge < -0.3 is 4.90 Å². The maximum absolute atomic E-state index is 11.8. The lowest BCUT2D eigenvalue weighted by atomic mass is 10.2. The Balaban J connectivity index is 2.87. The maximum atomic E-state index is 11.8. The van der Waals surface area contributed by atoms with E-state index in [1.807, 2.05) is 45.5 Å². The molecule has 0 unspecified atom stereocenters. The molecule has 17 heavy (non-hydrogen) atoms. The SMILES string of the molecule is CCN(CC)C(=O)C=Cc1c(C)nn(C)c1C. The molecule has 4 heteroatoms. The Labute approximate surface area is 103 Å². The van der Waals surface area contributed by atoms with Crippen LogP contribution in [0.15, 0.2) is 6.08 Å². The lowest BCUT2D eigenvalue weighted by molar-refractivity contribution is -0.125. The number of nitrogens with zero attached hydrogens (tertiary/aromatic N) is 3. The third kappa shape index (κ3) is 2.96. The van der Waals surface area contributed by atoms with Crippen molar-refractivity contribution in [3.63, 3.8) is 0 Å². The van der Waals surface area contributed by atoms with Gasteiger partial charge in [0.2, 0.25) is 5.91 Å². The summed E-state index contributed by atoms with van der Waals surface area (Å²) in [5, 5.41) is 4.31. The van der Waals surface area contributed by atoms with Gasteiger partial charge in [0, 0.05) is 37.5 Å². The molecule has 0 aliphatic heterocycles. The molecule has 0 radical (unpaired) electrons. The number of hydrogen-bond donors (Lipinski definition) is 0. The van der Waals surface area contributed by atoms with Gasteiger partial charge in [0.1, 0.15) is 0 Å². The first-order chi connectivity index (χ1) is 8.01. The fourth-order valence-corrected chi connectivity index (χ4v) is 1.83. The van der Waals surface area contributed by atoms with Gasteiger partial charge in [-0.3, -0.25) is 9.48 Å². The Hall–Kier alpha value is -1.58. The topological polar surface area (TPSA) is 38.1 Å². The van der Waals surface area contributed by atoms with E-state index in [9.17, 15) is 4.79 Å². The number of likely N-dealkylation sites (N-methyl/N-ethyl adjacent to an activating group) is 1. The van der Waals surface area contributed by atoms with Crippen LogP contribution < -0.4 is 0 Å². The second-order valence-electron chi connectivity index (χ2n) is 4.05. The predicted molar refractivity (Wildman–Crippen MR) is 69.6 cm³/mol. The highest BCUT2D eigenvalue weighted by atomic mass is 16.2. The Kier molecular flexibility index (Phi) is 4.49. The summed E-state index contributed by atoms with van der Waals surface area (Å²) in [5.41, 5.74) is 3.06. The van der Waals surface area contributed by atoms with Crippen LogP contribution in [0.1, 0.15) is 30.8 Å². The molecule has 0 N–H and O–H groups in total. The van der Waals surface area contributed by atoms with Gasteiger partial charge in [-0.1, -0.05) is 0 Å². The molecular weight excluding hydrogens is 214 g/mol. The lowest BCUT2D eigenvalue weighted by Crippen LogP contribution is -2.28. The molecule has 1 aromatic rings. The lowest BCUT2D eigenvalue weighted by Gasteiger charge is -2.15. The zero-order chi connectivity index (χ0) is 13.0. The summed E-state index contributed by atoms with van der Waals surface area (Å²) in [5.74, 6) is 0.0534. The Morgan fingerprint density at radius 2 is 1.94 bits per heavy atom. The first-order valence-electron chi connectivity index (χ1n) is 5.98. The van der Waals surface area contributed by atoms with Crippen LogP contribution >= 0.6 is 0 Å². The molecule has 0 saturated heterocycles. The fourth-order valence-electron chi connectivity index (χ4n) is 1.83. The van der Waals surface area contributed by atoms with Crippen molar-refractivity contribution in [2.75, 3.05) is 13.1 Å². The minimum Gasteiger partial charge on any atom is -0.340 e. The predicted octanol–water partition coefficient (Wildman–Crippen LogP) is 1.92. The maximum Gasteiger partial charge on any atom is 0.246 e. The third-order valence-electron chi connectivity index (χ3n) is 3.03. The summed E-state index contributed by atoms with van der Waals surface area (Å²) in [6.45, 7) is 9.40. The van der Waals surface area contributed by atoms with E-state index in [1.165, 1.54) is 0 Å².